The van der Waals surface area contributed by atoms with Crippen LogP contribution in [-0.4, -0.2) is 39.1 Å². The van der Waals surface area contributed by atoms with Gasteiger partial charge in [-0.1, -0.05) is 31.4 Å². The van der Waals surface area contributed by atoms with E-state index in [1.807, 2.05) is 11.0 Å². The molecule has 7 nitrogen and oxygen atoms in total. The van der Waals surface area contributed by atoms with Crippen LogP contribution in [0.2, 0.25) is 0 Å². The topological polar surface area (TPSA) is 109 Å². The van der Waals surface area contributed by atoms with Crippen LogP contribution in [0.1, 0.15) is 61.8 Å². The number of nitrogens with zero attached hydrogens (tertiary/aromatic N) is 2. The molecule has 0 radical (unpaired) electrons. The minimum Gasteiger partial charge on any atom is -0.465 e. The molecule has 34 heavy (non-hydrogen) atoms. The number of para-hydroxylation sites is 1. The number of aromatic nitrogens is 1. The summed E-state index contributed by atoms with van der Waals surface area (Å²) in [6, 6.07) is 6.16. The number of halogens is 3. The van der Waals surface area contributed by atoms with Crippen molar-refractivity contribution in [2.45, 2.75) is 69.6 Å². The average Bonchev–Trinajstić information content (AvgIpc) is 3.48. The van der Waals surface area contributed by atoms with Crippen molar-refractivity contribution in [3.8, 4) is 6.07 Å². The van der Waals surface area contributed by atoms with Gasteiger partial charge in [-0.05, 0) is 31.7 Å². The number of benzene rings is 1. The van der Waals surface area contributed by atoms with Crippen LogP contribution in [0.4, 0.5) is 18.0 Å². The van der Waals surface area contributed by atoms with Crippen LogP contribution in [0.25, 0.3) is 10.9 Å². The Morgan fingerprint density at radius 1 is 1.21 bits per heavy atom. The molecule has 2 aromatic rings. The lowest BCUT2D eigenvalue weighted by Crippen LogP contribution is -2.40. The molecule has 1 aromatic heterocycles. The van der Waals surface area contributed by atoms with E-state index in [2.05, 4.69) is 10.3 Å². The van der Waals surface area contributed by atoms with Gasteiger partial charge in [-0.25, -0.2) is 4.79 Å². The molecule has 0 spiro atoms. The van der Waals surface area contributed by atoms with Gasteiger partial charge >= 0.3 is 12.3 Å². The molecule has 1 aliphatic heterocycles. The lowest BCUT2D eigenvalue weighted by Gasteiger charge is -2.32. The normalized spacial score (nSPS) is 19.4. The lowest BCUT2D eigenvalue weighted by molar-refractivity contribution is -0.137. The quantitative estimate of drug-likeness (QED) is 0.569. The molecule has 0 bridgehead atoms. The third-order valence-corrected chi connectivity index (χ3v) is 6.89. The second-order valence-corrected chi connectivity index (χ2v) is 9.28. The lowest BCUT2D eigenvalue weighted by atomic mass is 9.87. The molecule has 0 atom stereocenters. The van der Waals surface area contributed by atoms with Gasteiger partial charge < -0.3 is 20.3 Å². The summed E-state index contributed by atoms with van der Waals surface area (Å²) in [5.74, 6) is 0.262. The summed E-state index contributed by atoms with van der Waals surface area (Å²) in [4.78, 5) is 27.5. The van der Waals surface area contributed by atoms with Gasteiger partial charge in [0.15, 0.2) is 0 Å². The number of aromatic amines is 1. The van der Waals surface area contributed by atoms with Crippen molar-refractivity contribution in [3.05, 3.63) is 35.0 Å². The Morgan fingerprint density at radius 3 is 2.47 bits per heavy atom. The van der Waals surface area contributed by atoms with Crippen LogP contribution in [-0.2, 0) is 23.9 Å². The van der Waals surface area contributed by atoms with Gasteiger partial charge in [0, 0.05) is 42.1 Å². The summed E-state index contributed by atoms with van der Waals surface area (Å²) in [7, 11) is 0. The summed E-state index contributed by atoms with van der Waals surface area (Å²) < 4.78 is 39.7. The van der Waals surface area contributed by atoms with Gasteiger partial charge in [0.2, 0.25) is 5.91 Å². The van der Waals surface area contributed by atoms with Crippen LogP contribution in [0.3, 0.4) is 0 Å². The minimum atomic E-state index is -4.38. The Kier molecular flexibility index (Phi) is 6.47. The predicted octanol–water partition coefficient (Wildman–Crippen LogP) is 4.96. The van der Waals surface area contributed by atoms with E-state index in [0.29, 0.717) is 37.7 Å². The highest BCUT2D eigenvalue weighted by atomic mass is 19.4. The second-order valence-electron chi connectivity index (χ2n) is 9.28. The van der Waals surface area contributed by atoms with E-state index in [0.717, 1.165) is 43.0 Å². The number of hydrogen-bond donors (Lipinski definition) is 3. The maximum atomic E-state index is 13.2. The molecule has 1 aromatic carbocycles. The Labute approximate surface area is 194 Å². The molecule has 182 valence electrons. The number of carbonyl (C=O) groups excluding carboxylic acids is 1. The van der Waals surface area contributed by atoms with E-state index in [1.165, 1.54) is 12.5 Å². The number of hydrogen-bond acceptors (Lipinski definition) is 3. The number of fused-ring (bicyclic) bond motifs is 3. The molecule has 0 unspecified atom stereocenters. The first-order chi connectivity index (χ1) is 16.1. The largest absolute Gasteiger partial charge is 0.465 e. The molecule has 3 aliphatic rings. The van der Waals surface area contributed by atoms with E-state index in [1.54, 1.807) is 6.07 Å². The van der Waals surface area contributed by atoms with Crippen LogP contribution < -0.4 is 5.32 Å². The summed E-state index contributed by atoms with van der Waals surface area (Å²) in [5, 5.41) is 19.2. The molecular weight excluding hydrogens is 449 g/mol. The molecule has 2 fully saturated rings. The van der Waals surface area contributed by atoms with E-state index in [-0.39, 0.29) is 17.3 Å². The SMILES string of the molecule is N#CC1(NC(=O)O)CC1.O=C(C1CCCCC1)N1CCc2[nH]c3c(C(F)(F)F)cccc3c2C1. The van der Waals surface area contributed by atoms with Crippen molar-refractivity contribution >= 4 is 22.9 Å². The summed E-state index contributed by atoms with van der Waals surface area (Å²) in [5.41, 5.74) is 0.457. The first-order valence-electron chi connectivity index (χ1n) is 11.5. The van der Waals surface area contributed by atoms with Gasteiger partial charge in [-0.2, -0.15) is 18.4 Å². The van der Waals surface area contributed by atoms with Gasteiger partial charge in [0.1, 0.15) is 5.54 Å². The number of carboxylic acid groups (broad SMARTS) is 1. The third kappa shape index (κ3) is 4.98. The number of nitriles is 1. The van der Waals surface area contributed by atoms with Crippen molar-refractivity contribution in [3.63, 3.8) is 0 Å². The predicted molar refractivity (Wildman–Crippen MR) is 118 cm³/mol. The molecule has 5 rings (SSSR count). The zero-order valence-electron chi connectivity index (χ0n) is 18.7. The van der Waals surface area contributed by atoms with Crippen molar-refractivity contribution in [1.29, 1.82) is 5.26 Å². The van der Waals surface area contributed by atoms with Crippen molar-refractivity contribution < 1.29 is 27.9 Å². The standard InChI is InChI=1S/C19H21F3N2O.C5H6N2O2/c20-19(21,22)15-8-4-7-13-14-11-24(10-9-16(14)23-17(13)15)18(25)12-5-2-1-3-6-12;6-3-5(1-2-5)7-4(8)9/h4,7-8,12,23H,1-3,5-6,9-11H2;7H,1-2H2,(H,8,9). The third-order valence-electron chi connectivity index (χ3n) is 6.89. The zero-order valence-corrected chi connectivity index (χ0v) is 18.7. The molecule has 0 saturated heterocycles. The number of carbonyl (C=O) groups is 2. The number of H-pyrrole nitrogens is 1. The highest BCUT2D eigenvalue weighted by Gasteiger charge is 2.44. The average molecular weight is 476 g/mol. The van der Waals surface area contributed by atoms with Crippen LogP contribution >= 0.6 is 0 Å². The van der Waals surface area contributed by atoms with Crippen LogP contribution in [0, 0.1) is 17.2 Å². The number of rotatable bonds is 2. The molecule has 2 saturated carbocycles. The number of amides is 2. The van der Waals surface area contributed by atoms with E-state index >= 15 is 0 Å². The van der Waals surface area contributed by atoms with Crippen molar-refractivity contribution in [2.75, 3.05) is 6.54 Å². The fraction of sp³-hybridized carbons (Fsp3) is 0.542. The summed E-state index contributed by atoms with van der Waals surface area (Å²) >= 11 is 0. The van der Waals surface area contributed by atoms with Gasteiger partial charge in [-0.3, -0.25) is 4.79 Å². The van der Waals surface area contributed by atoms with Crippen LogP contribution in [0.15, 0.2) is 18.2 Å². The Bertz CT molecular complexity index is 1120. The van der Waals surface area contributed by atoms with Gasteiger partial charge in [-0.15, -0.1) is 0 Å². The highest BCUT2D eigenvalue weighted by molar-refractivity contribution is 5.89. The molecule has 2 heterocycles. The Balaban J connectivity index is 0.000000257. The minimum absolute atomic E-state index is 0.0891. The highest BCUT2D eigenvalue weighted by Crippen LogP contribution is 2.38. The first-order valence-corrected chi connectivity index (χ1v) is 11.5. The summed E-state index contributed by atoms with van der Waals surface area (Å²) in [6.07, 6.45) is 1.64. The molecule has 3 N–H and O–H groups in total. The molecule has 2 amide bonds. The molecular formula is C24H27F3N4O3. The fourth-order valence-corrected chi connectivity index (χ4v) is 4.86. The maximum absolute atomic E-state index is 13.2. The smallest absolute Gasteiger partial charge is 0.418 e. The fourth-order valence-electron chi connectivity index (χ4n) is 4.86. The second kappa shape index (κ2) is 9.20. The van der Waals surface area contributed by atoms with Crippen molar-refractivity contribution in [2.24, 2.45) is 5.92 Å². The van der Waals surface area contributed by atoms with Gasteiger partial charge in [0.05, 0.1) is 17.1 Å². The summed E-state index contributed by atoms with van der Waals surface area (Å²) in [6.45, 7) is 0.989. The first kappa shape index (κ1) is 23.9. The van der Waals surface area contributed by atoms with E-state index in [4.69, 9.17) is 10.4 Å². The van der Waals surface area contributed by atoms with Crippen molar-refractivity contribution in [1.82, 2.24) is 15.2 Å². The number of alkyl halides is 3. The Morgan fingerprint density at radius 2 is 1.91 bits per heavy atom. The van der Waals surface area contributed by atoms with E-state index in [9.17, 15) is 22.8 Å². The van der Waals surface area contributed by atoms with Crippen LogP contribution in [0.5, 0.6) is 0 Å². The van der Waals surface area contributed by atoms with Gasteiger partial charge in [0.25, 0.3) is 0 Å². The maximum Gasteiger partial charge on any atom is 0.418 e. The Hall–Kier alpha value is -3.22. The van der Waals surface area contributed by atoms with E-state index < -0.39 is 23.4 Å². The zero-order chi connectivity index (χ0) is 24.5. The molecule has 10 heteroatoms. The molecule has 2 aliphatic carbocycles. The number of nitrogens with one attached hydrogen (secondary N) is 2. The monoisotopic (exact) mass is 476 g/mol.